The number of fused-ring (bicyclic) bond motifs is 3. The third-order valence-electron chi connectivity index (χ3n) is 16.5. The number of carbonyl (C=O) groups is 1. The Kier molecular flexibility index (Phi) is 32.7. The Bertz CT molecular complexity index is 4670. The Morgan fingerprint density at radius 2 is 0.981 bits per heavy atom. The normalized spacial score (nSPS) is 12.3. The van der Waals surface area contributed by atoms with Gasteiger partial charge in [-0.15, -0.1) is 173 Å². The molecule has 15 heteroatoms. The van der Waals surface area contributed by atoms with Crippen LogP contribution in [0, 0.1) is 38.1 Å². The Balaban J connectivity index is 0.000000200. The van der Waals surface area contributed by atoms with Crippen LogP contribution in [-0.2, 0) is 75.9 Å². The van der Waals surface area contributed by atoms with Crippen molar-refractivity contribution in [1.29, 1.82) is 0 Å². The zero-order chi connectivity index (χ0) is 70.3. The van der Waals surface area contributed by atoms with Crippen LogP contribution in [0.1, 0.15) is 84.1 Å². The number of aromatic nitrogens is 6. The Morgan fingerprint density at radius 3 is 1.41 bits per heavy atom. The number of nitrogens with zero attached hydrogens (tertiary/aromatic N) is 7. The van der Waals surface area contributed by atoms with Crippen LogP contribution in [0.25, 0.3) is 88.0 Å². The maximum absolute atomic E-state index is 13.2. The molecule has 16 rings (SSSR count). The summed E-state index contributed by atoms with van der Waals surface area (Å²) in [6.07, 6.45) is 12.3. The average molecular weight is 1920 g/mol. The van der Waals surface area contributed by atoms with Gasteiger partial charge in [0.15, 0.2) is 5.78 Å². The molecule has 0 spiro atoms. The average Bonchev–Trinajstić information content (AvgIpc) is 0.733. The van der Waals surface area contributed by atoms with E-state index in [2.05, 4.69) is 108 Å². The van der Waals surface area contributed by atoms with Crippen molar-refractivity contribution in [3.63, 3.8) is 0 Å². The number of carbonyl (C=O) groups excluding carboxylic acids is 1. The fourth-order valence-corrected chi connectivity index (χ4v) is 12.3. The summed E-state index contributed by atoms with van der Waals surface area (Å²) < 4.78 is 7.18. The number of benzene rings is 7. The van der Waals surface area contributed by atoms with Crippen molar-refractivity contribution in [3.8, 4) is 66.9 Å². The summed E-state index contributed by atoms with van der Waals surface area (Å²) in [5.41, 5.74) is 18.2. The second-order valence-electron chi connectivity index (χ2n) is 25.0. The van der Waals surface area contributed by atoms with Gasteiger partial charge in [0.2, 0.25) is 0 Å². The fourth-order valence-electron chi connectivity index (χ4n) is 11.3. The van der Waals surface area contributed by atoms with Gasteiger partial charge in [-0.1, -0.05) is 107 Å². The molecule has 0 amide bonds. The SMILES string of the molecule is C.CC(=O)C=C(C)O.CC1(C)CCN2CCC(C)(C)c3c2c1cc1cc(-c2nc4ccccc4s2)c(=O)oc31.Cc1ccnc(-c2[c-]cccc2)c1.[CH2-]c1ccccc1-c1ccccn1.[Ir+3].[Ir].[Ir].[c-]1ccccc1-c1ccccn1.[c-]1ccccc1-c1ccccn1.[c-]1ccccc1-c1ccccn1. The molecular weight excluding hydrogens is 1840 g/mol. The molecule has 104 heavy (non-hydrogen) atoms. The number of hydrogen-bond donors (Lipinski definition) is 1. The summed E-state index contributed by atoms with van der Waals surface area (Å²) >= 11 is 1.54. The second kappa shape index (κ2) is 40.9. The van der Waals surface area contributed by atoms with Gasteiger partial charge < -0.3 is 34.4 Å². The predicted molar refractivity (Wildman–Crippen MR) is 415 cm³/mol. The topological polar surface area (TPSA) is 148 Å². The van der Waals surface area contributed by atoms with Crippen molar-refractivity contribution in [3.05, 3.63) is 349 Å². The van der Waals surface area contributed by atoms with Crippen LogP contribution in [0.5, 0.6) is 0 Å². The number of pyridine rings is 5. The molecule has 0 aliphatic carbocycles. The molecule has 0 atom stereocenters. The zero-order valence-corrected chi connectivity index (χ0v) is 66.3. The van der Waals surface area contributed by atoms with E-state index in [4.69, 9.17) is 14.5 Å². The second-order valence-corrected chi connectivity index (χ2v) is 26.0. The van der Waals surface area contributed by atoms with E-state index in [1.54, 1.807) is 36.1 Å². The molecule has 0 unspecified atom stereocenters. The summed E-state index contributed by atoms with van der Waals surface area (Å²) in [6, 6.07) is 91.7. The Labute approximate surface area is 656 Å². The third kappa shape index (κ3) is 23.1. The number of para-hydroxylation sites is 1. The zero-order valence-electron chi connectivity index (χ0n) is 58.3. The minimum Gasteiger partial charge on any atom is -0.512 e. The summed E-state index contributed by atoms with van der Waals surface area (Å²) in [5.74, 6) is -0.0625. The molecule has 532 valence electrons. The maximum atomic E-state index is 13.2. The van der Waals surface area contributed by atoms with Crippen LogP contribution < -0.4 is 10.5 Å². The van der Waals surface area contributed by atoms with Crippen molar-refractivity contribution < 1.29 is 74.6 Å². The third-order valence-corrected chi connectivity index (χ3v) is 17.5. The van der Waals surface area contributed by atoms with Crippen molar-refractivity contribution >= 4 is 44.0 Å². The molecular formula is C89H82Ir3N7O4S-2. The molecule has 0 bridgehead atoms. The molecule has 7 aromatic heterocycles. The summed E-state index contributed by atoms with van der Waals surface area (Å²) in [7, 11) is 0. The molecule has 7 aromatic carbocycles. The number of ketones is 1. The van der Waals surface area contributed by atoms with Gasteiger partial charge >= 0.3 is 25.7 Å². The maximum Gasteiger partial charge on any atom is 3.00 e. The first-order valence-electron chi connectivity index (χ1n) is 33.0. The van der Waals surface area contributed by atoms with Gasteiger partial charge in [-0.05, 0) is 133 Å². The molecule has 2 radical (unpaired) electrons. The van der Waals surface area contributed by atoms with Gasteiger partial charge in [-0.3, -0.25) is 9.78 Å². The van der Waals surface area contributed by atoms with E-state index in [0.717, 1.165) is 114 Å². The van der Waals surface area contributed by atoms with E-state index in [9.17, 15) is 9.59 Å². The molecule has 2 aliphatic heterocycles. The number of allylic oxidation sites excluding steroid dienone is 2. The minimum absolute atomic E-state index is 0. The molecule has 0 saturated carbocycles. The summed E-state index contributed by atoms with van der Waals surface area (Å²) in [5, 5.41) is 10.1. The van der Waals surface area contributed by atoms with E-state index < -0.39 is 0 Å². The Hall–Kier alpha value is -9.78. The summed E-state index contributed by atoms with van der Waals surface area (Å²) in [4.78, 5) is 51.6. The van der Waals surface area contributed by atoms with Crippen molar-refractivity contribution in [2.75, 3.05) is 18.0 Å². The first-order chi connectivity index (χ1) is 48.5. The van der Waals surface area contributed by atoms with E-state index in [1.807, 2.05) is 237 Å². The van der Waals surface area contributed by atoms with Gasteiger partial charge in [0.1, 0.15) is 10.6 Å². The van der Waals surface area contributed by atoms with E-state index in [0.29, 0.717) is 5.56 Å². The summed E-state index contributed by atoms with van der Waals surface area (Å²) in [6.45, 7) is 20.2. The van der Waals surface area contributed by atoms with Crippen LogP contribution in [-0.4, -0.2) is 53.9 Å². The molecule has 9 heterocycles. The van der Waals surface area contributed by atoms with Gasteiger partial charge in [0.25, 0.3) is 0 Å². The monoisotopic (exact) mass is 1920 g/mol. The van der Waals surface area contributed by atoms with Crippen LogP contribution in [0.4, 0.5) is 5.69 Å². The molecule has 2 aliphatic rings. The number of thiazole rings is 1. The van der Waals surface area contributed by atoms with Crippen LogP contribution in [0.3, 0.4) is 0 Å². The number of aliphatic hydroxyl groups excluding tert-OH is 1. The van der Waals surface area contributed by atoms with Gasteiger partial charge in [0, 0.05) is 113 Å². The van der Waals surface area contributed by atoms with Gasteiger partial charge in [-0.2, -0.15) is 18.6 Å². The number of anilines is 1. The van der Waals surface area contributed by atoms with Crippen molar-refractivity contribution in [2.45, 2.75) is 79.6 Å². The van der Waals surface area contributed by atoms with Gasteiger partial charge in [-0.25, -0.2) is 9.78 Å². The van der Waals surface area contributed by atoms with Crippen LogP contribution >= 0.6 is 11.3 Å². The number of rotatable bonds is 7. The van der Waals surface area contributed by atoms with E-state index in [1.165, 1.54) is 42.3 Å². The minimum atomic E-state index is -0.300. The quantitative estimate of drug-likeness (QED) is 0.0703. The molecule has 11 nitrogen and oxygen atoms in total. The smallest absolute Gasteiger partial charge is 0.512 e. The molecule has 14 aromatic rings. The first-order valence-corrected chi connectivity index (χ1v) is 33.8. The number of aryl methyl sites for hydroxylation is 1. The standard InChI is InChI=1S/C26H26N2O2S.2C12H10N.3C11H8N.C5H8O2.CH4.3Ir/c1-25(2)9-11-28-12-10-26(3,4)20-21(28)17(25)14-15-13-16(24(29)30-22(15)20)23-27-18-7-5-6-8-19(18)31-23;1-10-6-2-3-7-11(10)12-8-4-5-9-13-12;1-10-7-8-13-12(9-10)11-5-3-2-4-6-11;3*1-2-6-10(7-3-1)11-8-4-5-9-12-11;1-4(6)3-5(2)7;;;;/h5-8,13-14H,9-12H2,1-4H3;2-9H,1H2;2-5,7-9H,1H3;3*1-6,8-9H;3,6H,1-2H3;1H4;;;/q;5*-1;;;;;+3. The molecule has 1 N–H and O–H groups in total. The Morgan fingerprint density at radius 1 is 0.538 bits per heavy atom. The van der Waals surface area contributed by atoms with Crippen LogP contribution in [0.15, 0.2) is 295 Å². The fraction of sp³-hybridized carbons (Fsp3) is 0.157. The van der Waals surface area contributed by atoms with Crippen molar-refractivity contribution in [2.24, 2.45) is 0 Å². The number of hydrogen-bond acceptors (Lipinski definition) is 12. The van der Waals surface area contributed by atoms with Gasteiger partial charge in [0.05, 0.1) is 21.5 Å². The predicted octanol–water partition coefficient (Wildman–Crippen LogP) is 21.3. The largest absolute Gasteiger partial charge is 3.00 e. The van der Waals surface area contributed by atoms with E-state index >= 15 is 0 Å². The van der Waals surface area contributed by atoms with E-state index in [-0.39, 0.29) is 95.7 Å². The molecule has 0 saturated heterocycles. The molecule has 0 fully saturated rings. The van der Waals surface area contributed by atoms with Crippen LogP contribution in [0.2, 0.25) is 0 Å². The number of aliphatic hydroxyl groups is 1. The van der Waals surface area contributed by atoms with Crippen molar-refractivity contribution in [1.82, 2.24) is 29.9 Å². The first kappa shape index (κ1) is 83.2.